The van der Waals surface area contributed by atoms with Crippen LogP contribution in [0.5, 0.6) is 0 Å². The quantitative estimate of drug-likeness (QED) is 0.901. The highest BCUT2D eigenvalue weighted by atomic mass is 35.5. The number of pyridine rings is 1. The Kier molecular flexibility index (Phi) is 5.43. The Hall–Kier alpha value is -0.840. The molecule has 0 bridgehead atoms. The van der Waals surface area contributed by atoms with E-state index in [1.165, 1.54) is 0 Å². The second kappa shape index (κ2) is 7.08. The average molecular weight is 284 g/mol. The fourth-order valence-corrected chi connectivity index (χ4v) is 2.51. The highest BCUT2D eigenvalue weighted by Gasteiger charge is 2.20. The van der Waals surface area contributed by atoms with Crippen LogP contribution >= 0.6 is 11.6 Å². The van der Waals surface area contributed by atoms with Gasteiger partial charge < -0.3 is 15.0 Å². The number of piperidine rings is 1. The summed E-state index contributed by atoms with van der Waals surface area (Å²) < 4.78 is 5.39. The van der Waals surface area contributed by atoms with E-state index in [4.69, 9.17) is 16.3 Å². The van der Waals surface area contributed by atoms with Crippen LogP contribution in [0.15, 0.2) is 12.1 Å². The number of hydrogen-bond acceptors (Lipinski definition) is 4. The molecule has 1 aromatic rings. The van der Waals surface area contributed by atoms with Crippen LogP contribution in [-0.2, 0) is 11.3 Å². The summed E-state index contributed by atoms with van der Waals surface area (Å²) >= 11 is 6.18. The molecule has 1 saturated heterocycles. The number of methoxy groups -OCH3 is 1. The molecular weight excluding hydrogens is 262 g/mol. The van der Waals surface area contributed by atoms with Gasteiger partial charge in [-0.2, -0.15) is 0 Å². The maximum atomic E-state index is 6.18. The Bertz CT molecular complexity index is 406. The van der Waals surface area contributed by atoms with E-state index in [-0.39, 0.29) is 0 Å². The molecule has 1 fully saturated rings. The smallest absolute Gasteiger partial charge is 0.128 e. The maximum Gasteiger partial charge on any atom is 0.128 e. The van der Waals surface area contributed by atoms with Crippen molar-refractivity contribution in [3.05, 3.63) is 22.8 Å². The lowest BCUT2D eigenvalue weighted by Gasteiger charge is -2.32. The molecule has 4 nitrogen and oxygen atoms in total. The summed E-state index contributed by atoms with van der Waals surface area (Å²) in [5.74, 6) is 1.02. The lowest BCUT2D eigenvalue weighted by atomic mass is 10.1. The minimum atomic E-state index is 0.393. The molecule has 0 unspecified atom stereocenters. The highest BCUT2D eigenvalue weighted by Crippen LogP contribution is 2.23. The fourth-order valence-electron chi connectivity index (χ4n) is 2.34. The van der Waals surface area contributed by atoms with Gasteiger partial charge in [0.15, 0.2) is 0 Å². The van der Waals surface area contributed by atoms with Crippen molar-refractivity contribution in [3.8, 4) is 0 Å². The van der Waals surface area contributed by atoms with Crippen LogP contribution in [0.3, 0.4) is 0 Å². The summed E-state index contributed by atoms with van der Waals surface area (Å²) in [5.41, 5.74) is 0.926. The average Bonchev–Trinajstić information content (AvgIpc) is 2.46. The molecule has 1 N–H and O–H groups in total. The van der Waals surface area contributed by atoms with E-state index >= 15 is 0 Å². The molecule has 0 atom stereocenters. The second-order valence-electron chi connectivity index (χ2n) is 4.80. The van der Waals surface area contributed by atoms with E-state index in [2.05, 4.69) is 22.1 Å². The van der Waals surface area contributed by atoms with Gasteiger partial charge in [0.1, 0.15) is 5.82 Å². The maximum absolute atomic E-state index is 6.18. The van der Waals surface area contributed by atoms with E-state index in [9.17, 15) is 0 Å². The van der Waals surface area contributed by atoms with Gasteiger partial charge in [-0.15, -0.1) is 0 Å². The predicted molar refractivity (Wildman–Crippen MR) is 78.9 cm³/mol. The Balaban J connectivity index is 2.04. The number of rotatable bonds is 5. The Morgan fingerprint density at radius 2 is 2.16 bits per heavy atom. The molecule has 0 amide bonds. The van der Waals surface area contributed by atoms with Crippen LogP contribution in [0.2, 0.25) is 5.02 Å². The molecule has 1 aliphatic rings. The first-order valence-electron chi connectivity index (χ1n) is 6.88. The Morgan fingerprint density at radius 1 is 1.42 bits per heavy atom. The zero-order valence-corrected chi connectivity index (χ0v) is 12.4. The minimum Gasteiger partial charge on any atom is -0.381 e. The molecule has 0 aromatic carbocycles. The highest BCUT2D eigenvalue weighted by molar-refractivity contribution is 6.31. The summed E-state index contributed by atoms with van der Waals surface area (Å²) in [7, 11) is 1.79. The third kappa shape index (κ3) is 3.81. The van der Waals surface area contributed by atoms with Gasteiger partial charge >= 0.3 is 0 Å². The van der Waals surface area contributed by atoms with E-state index in [0.29, 0.717) is 6.10 Å². The summed E-state index contributed by atoms with van der Waals surface area (Å²) in [5, 5.41) is 4.00. The monoisotopic (exact) mass is 283 g/mol. The van der Waals surface area contributed by atoms with Crippen molar-refractivity contribution in [2.75, 3.05) is 31.6 Å². The summed E-state index contributed by atoms with van der Waals surface area (Å²) in [6, 6.07) is 3.95. The Morgan fingerprint density at radius 3 is 2.79 bits per heavy atom. The van der Waals surface area contributed by atoms with Gasteiger partial charge in [0.2, 0.25) is 0 Å². The Labute approximate surface area is 120 Å². The normalized spacial score (nSPS) is 16.9. The van der Waals surface area contributed by atoms with Crippen molar-refractivity contribution < 1.29 is 4.74 Å². The van der Waals surface area contributed by atoms with Crippen LogP contribution < -0.4 is 10.2 Å². The molecule has 19 heavy (non-hydrogen) atoms. The fraction of sp³-hybridized carbons (Fsp3) is 0.643. The van der Waals surface area contributed by atoms with Crippen molar-refractivity contribution in [2.24, 2.45) is 0 Å². The van der Waals surface area contributed by atoms with Gasteiger partial charge in [-0.1, -0.05) is 18.5 Å². The number of nitrogens with zero attached hydrogens (tertiary/aromatic N) is 2. The number of anilines is 1. The van der Waals surface area contributed by atoms with E-state index in [1.807, 2.05) is 12.1 Å². The van der Waals surface area contributed by atoms with Crippen LogP contribution in [-0.4, -0.2) is 37.8 Å². The lowest BCUT2D eigenvalue weighted by molar-refractivity contribution is 0.0818. The van der Waals surface area contributed by atoms with Crippen LogP contribution in [0.1, 0.15) is 25.5 Å². The molecule has 0 aliphatic carbocycles. The van der Waals surface area contributed by atoms with Crippen molar-refractivity contribution in [1.82, 2.24) is 10.3 Å². The van der Waals surface area contributed by atoms with Crippen LogP contribution in [0.25, 0.3) is 0 Å². The molecule has 2 heterocycles. The van der Waals surface area contributed by atoms with Crippen molar-refractivity contribution in [1.29, 1.82) is 0 Å². The predicted octanol–water partition coefficient (Wildman–Crippen LogP) is 2.46. The molecule has 1 aromatic heterocycles. The number of ether oxygens (including phenoxy) is 1. The van der Waals surface area contributed by atoms with Gasteiger partial charge in [0, 0.05) is 26.7 Å². The first kappa shape index (κ1) is 14.6. The van der Waals surface area contributed by atoms with E-state index in [0.717, 1.165) is 55.6 Å². The molecule has 1 aliphatic heterocycles. The second-order valence-corrected chi connectivity index (χ2v) is 5.21. The third-order valence-corrected chi connectivity index (χ3v) is 3.89. The number of aromatic nitrogens is 1. The topological polar surface area (TPSA) is 37.4 Å². The van der Waals surface area contributed by atoms with Gasteiger partial charge in [-0.05, 0) is 31.5 Å². The molecule has 5 heteroatoms. The van der Waals surface area contributed by atoms with Gasteiger partial charge in [-0.25, -0.2) is 4.98 Å². The summed E-state index contributed by atoms with van der Waals surface area (Å²) in [4.78, 5) is 6.98. The molecule has 0 spiro atoms. The third-order valence-electron chi connectivity index (χ3n) is 3.55. The molecule has 106 valence electrons. The van der Waals surface area contributed by atoms with Crippen molar-refractivity contribution in [2.45, 2.75) is 32.4 Å². The summed E-state index contributed by atoms with van der Waals surface area (Å²) in [6.45, 7) is 5.70. The number of hydrogen-bond donors (Lipinski definition) is 1. The molecule has 0 radical (unpaired) electrons. The van der Waals surface area contributed by atoms with Crippen LogP contribution in [0, 0.1) is 0 Å². The number of nitrogens with one attached hydrogen (secondary N) is 1. The van der Waals surface area contributed by atoms with Gasteiger partial charge in [0.05, 0.1) is 16.8 Å². The van der Waals surface area contributed by atoms with E-state index < -0.39 is 0 Å². The van der Waals surface area contributed by atoms with Crippen molar-refractivity contribution >= 4 is 17.4 Å². The lowest BCUT2D eigenvalue weighted by Crippen LogP contribution is -2.37. The minimum absolute atomic E-state index is 0.393. The number of halogens is 1. The SMILES string of the molecule is CCNCc1nc(N2CCC(OC)CC2)ccc1Cl. The standard InChI is InChI=1S/C14H22ClN3O/c1-3-16-10-13-12(15)4-5-14(17-13)18-8-6-11(19-2)7-9-18/h4-5,11,16H,3,6-10H2,1-2H3. The van der Waals surface area contributed by atoms with Crippen molar-refractivity contribution in [3.63, 3.8) is 0 Å². The summed E-state index contributed by atoms with van der Waals surface area (Å²) in [6.07, 6.45) is 2.51. The van der Waals surface area contributed by atoms with Gasteiger partial charge in [-0.3, -0.25) is 0 Å². The zero-order chi connectivity index (χ0) is 13.7. The molecular formula is C14H22ClN3O. The first-order chi connectivity index (χ1) is 9.24. The van der Waals surface area contributed by atoms with Crippen LogP contribution in [0.4, 0.5) is 5.82 Å². The first-order valence-corrected chi connectivity index (χ1v) is 7.26. The molecule has 0 saturated carbocycles. The van der Waals surface area contributed by atoms with Gasteiger partial charge in [0.25, 0.3) is 0 Å². The zero-order valence-electron chi connectivity index (χ0n) is 11.7. The van der Waals surface area contributed by atoms with E-state index in [1.54, 1.807) is 7.11 Å². The molecule has 2 rings (SSSR count). The largest absolute Gasteiger partial charge is 0.381 e.